The van der Waals surface area contributed by atoms with Crippen molar-refractivity contribution in [3.63, 3.8) is 0 Å². The third-order valence-electron chi connectivity index (χ3n) is 6.08. The molecule has 3 N–H and O–H groups in total. The number of hydrogen-bond acceptors (Lipinski definition) is 7. The predicted octanol–water partition coefficient (Wildman–Crippen LogP) is 7.73. The highest BCUT2D eigenvalue weighted by Crippen LogP contribution is 2.30. The molecule has 0 spiro atoms. The van der Waals surface area contributed by atoms with Crippen LogP contribution in [0.1, 0.15) is 57.0 Å². The first-order valence-electron chi connectivity index (χ1n) is 13.0. The highest BCUT2D eigenvalue weighted by molar-refractivity contribution is 7.16. The van der Waals surface area contributed by atoms with Crippen LogP contribution >= 0.6 is 11.3 Å². The van der Waals surface area contributed by atoms with Gasteiger partial charge in [0.25, 0.3) is 0 Å². The fourth-order valence-electron chi connectivity index (χ4n) is 3.99. The monoisotopic (exact) mass is 525 g/mol. The number of aromatic nitrogens is 5. The van der Waals surface area contributed by atoms with Gasteiger partial charge >= 0.3 is 0 Å². The minimum absolute atomic E-state index is 0.572. The zero-order valence-electron chi connectivity index (χ0n) is 22.3. The van der Waals surface area contributed by atoms with Crippen molar-refractivity contribution in [2.45, 2.75) is 52.9 Å². The Morgan fingerprint density at radius 1 is 1.08 bits per heavy atom. The van der Waals surface area contributed by atoms with Crippen molar-refractivity contribution < 1.29 is 0 Å². The average Bonchev–Trinajstić information content (AvgIpc) is 3.56. The number of unbranched alkanes of at least 4 members (excludes halogenated alkanes) is 3. The molecule has 4 aromatic heterocycles. The number of hydrogen-bond donors (Lipinski definition) is 2. The summed E-state index contributed by atoms with van der Waals surface area (Å²) in [4.78, 5) is 15.4. The van der Waals surface area contributed by atoms with E-state index in [0.29, 0.717) is 23.0 Å². The number of thiophene rings is 1. The highest BCUT2D eigenvalue weighted by atomic mass is 32.1. The first-order valence-corrected chi connectivity index (χ1v) is 13.8. The molecule has 0 radical (unpaired) electrons. The largest absolute Gasteiger partial charge is 0.391 e. The number of nitrogens with one attached hydrogen (secondary N) is 1. The molecule has 38 heavy (non-hydrogen) atoms. The maximum atomic E-state index is 5.94. The summed E-state index contributed by atoms with van der Waals surface area (Å²) in [5.41, 5.74) is 10.2. The smallest absolute Gasteiger partial charge is 0.168 e. The molecule has 0 aromatic carbocycles. The normalized spacial score (nSPS) is 12.2. The molecule has 0 fully saturated rings. The van der Waals surface area contributed by atoms with Crippen LogP contribution < -0.4 is 11.1 Å². The molecule has 0 bridgehead atoms. The Labute approximate surface area is 228 Å². The van der Waals surface area contributed by atoms with Gasteiger partial charge in [-0.3, -0.25) is 4.98 Å². The molecule has 7 nitrogen and oxygen atoms in total. The number of nitrogens with two attached hydrogens (primary N) is 1. The number of allylic oxidation sites excluding steroid dienone is 6. The number of nitrogen functional groups attached to an aromatic ring is 1. The van der Waals surface area contributed by atoms with Crippen LogP contribution in [0.3, 0.4) is 0 Å². The number of anilines is 2. The lowest BCUT2D eigenvalue weighted by atomic mass is 10.1. The summed E-state index contributed by atoms with van der Waals surface area (Å²) in [6.45, 7) is 10.4. The molecule has 0 amide bonds. The first kappa shape index (κ1) is 27.0. The number of fused-ring (bicyclic) bond motifs is 1. The predicted molar refractivity (Wildman–Crippen MR) is 162 cm³/mol. The molecule has 0 atom stereocenters. The zero-order chi connectivity index (χ0) is 26.9. The van der Waals surface area contributed by atoms with E-state index in [1.165, 1.54) is 30.6 Å². The molecule has 0 aliphatic heterocycles. The summed E-state index contributed by atoms with van der Waals surface area (Å²) in [6, 6.07) is 7.94. The third kappa shape index (κ3) is 6.63. The minimum Gasteiger partial charge on any atom is -0.391 e. The maximum Gasteiger partial charge on any atom is 0.168 e. The van der Waals surface area contributed by atoms with Crippen LogP contribution in [0.25, 0.3) is 33.8 Å². The van der Waals surface area contributed by atoms with E-state index >= 15 is 0 Å². The number of aryl methyl sites for hydroxylation is 1. The van der Waals surface area contributed by atoms with E-state index in [-0.39, 0.29) is 0 Å². The number of rotatable bonds is 12. The minimum atomic E-state index is 0.572. The molecule has 8 heteroatoms. The zero-order valence-corrected chi connectivity index (χ0v) is 23.1. The molecule has 0 aliphatic carbocycles. The van der Waals surface area contributed by atoms with Gasteiger partial charge < -0.3 is 11.1 Å². The van der Waals surface area contributed by atoms with Gasteiger partial charge in [-0.1, -0.05) is 57.1 Å². The van der Waals surface area contributed by atoms with E-state index < -0.39 is 0 Å². The molecular formula is C30H35N7S. The van der Waals surface area contributed by atoms with Crippen LogP contribution in [0.4, 0.5) is 10.8 Å². The van der Waals surface area contributed by atoms with Crippen molar-refractivity contribution in [1.29, 1.82) is 0 Å². The average molecular weight is 526 g/mol. The lowest BCUT2D eigenvalue weighted by Crippen LogP contribution is -2.04. The van der Waals surface area contributed by atoms with Gasteiger partial charge in [0.15, 0.2) is 11.5 Å². The molecular weight excluding hydrogens is 490 g/mol. The second-order valence-corrected chi connectivity index (χ2v) is 10.2. The second-order valence-electron chi connectivity index (χ2n) is 9.06. The molecule has 4 heterocycles. The van der Waals surface area contributed by atoms with E-state index in [0.717, 1.165) is 45.1 Å². The molecule has 0 unspecified atom stereocenters. The van der Waals surface area contributed by atoms with Gasteiger partial charge in [-0.05, 0) is 57.0 Å². The van der Waals surface area contributed by atoms with Gasteiger partial charge in [-0.25, -0.2) is 14.6 Å². The first-order chi connectivity index (χ1) is 18.5. The van der Waals surface area contributed by atoms with Crippen molar-refractivity contribution in [1.82, 2.24) is 24.7 Å². The van der Waals surface area contributed by atoms with Crippen LogP contribution in [0.2, 0.25) is 0 Å². The number of nitrogens with zero attached hydrogens (tertiary/aromatic N) is 5. The maximum absolute atomic E-state index is 5.94. The summed E-state index contributed by atoms with van der Waals surface area (Å²) in [5.74, 6) is 1.21. The van der Waals surface area contributed by atoms with Crippen molar-refractivity contribution in [3.8, 4) is 11.4 Å². The van der Waals surface area contributed by atoms with Crippen LogP contribution in [-0.2, 0) is 6.42 Å². The van der Waals surface area contributed by atoms with Crippen LogP contribution in [-0.4, -0.2) is 24.7 Å². The van der Waals surface area contributed by atoms with Gasteiger partial charge in [0, 0.05) is 28.8 Å². The van der Waals surface area contributed by atoms with Gasteiger partial charge in [0.1, 0.15) is 5.82 Å². The van der Waals surface area contributed by atoms with Gasteiger partial charge in [0.05, 0.1) is 21.5 Å². The standard InChI is InChI=1S/C30H35N7S/c1-5-7-9-11-13-21(3)37-30-25(20-33-37)29(34-22(4)26-17-18-27(31)38-26)35-28(36-30)23-15-16-24(32-19-23)14-12-10-8-6-2/h5,7,9,11,13,15-20H,4,6,8,10,12,14,31H2,1-3H3,(H,34,35,36)/b7-5-,11-9-,21-13+. The Morgan fingerprint density at radius 3 is 2.66 bits per heavy atom. The quantitative estimate of drug-likeness (QED) is 0.145. The van der Waals surface area contributed by atoms with Crippen LogP contribution in [0.15, 0.2) is 73.6 Å². The number of pyridine rings is 1. The Kier molecular flexibility index (Phi) is 9.21. The van der Waals surface area contributed by atoms with E-state index in [9.17, 15) is 0 Å². The van der Waals surface area contributed by atoms with Crippen molar-refractivity contribution in [3.05, 3.63) is 84.2 Å². The van der Waals surface area contributed by atoms with E-state index in [4.69, 9.17) is 20.7 Å². The fourth-order valence-corrected chi connectivity index (χ4v) is 4.69. The lowest BCUT2D eigenvalue weighted by molar-refractivity contribution is 0.661. The summed E-state index contributed by atoms with van der Waals surface area (Å²) in [5, 5.41) is 9.54. The van der Waals surface area contributed by atoms with Crippen LogP contribution in [0, 0.1) is 0 Å². The van der Waals surface area contributed by atoms with Crippen molar-refractivity contribution in [2.24, 2.45) is 0 Å². The highest BCUT2D eigenvalue weighted by Gasteiger charge is 2.16. The molecule has 4 rings (SSSR count). The van der Waals surface area contributed by atoms with Gasteiger partial charge in [0.2, 0.25) is 0 Å². The Bertz CT molecular complexity index is 1470. The van der Waals surface area contributed by atoms with Crippen molar-refractivity contribution in [2.75, 3.05) is 11.1 Å². The molecule has 4 aromatic rings. The third-order valence-corrected chi connectivity index (χ3v) is 7.05. The molecule has 196 valence electrons. The van der Waals surface area contributed by atoms with E-state index in [1.54, 1.807) is 6.20 Å². The summed E-state index contributed by atoms with van der Waals surface area (Å²) < 4.78 is 1.83. The summed E-state index contributed by atoms with van der Waals surface area (Å²) in [6.07, 6.45) is 19.4. The lowest BCUT2D eigenvalue weighted by Gasteiger charge is -2.11. The van der Waals surface area contributed by atoms with Gasteiger partial charge in [-0.2, -0.15) is 5.10 Å². The van der Waals surface area contributed by atoms with E-state index in [1.807, 2.05) is 73.3 Å². The Hall–Kier alpha value is -4.04. The van der Waals surface area contributed by atoms with Gasteiger partial charge in [-0.15, -0.1) is 11.3 Å². The summed E-state index contributed by atoms with van der Waals surface area (Å²) in [7, 11) is 0. The SMILES string of the molecule is C=C(Nc1nc(-c2ccc(CCCCCC)nc2)nc2c1cnn2/C(C)=C/C=C\C=C/C)c1ccc(N)s1. The fraction of sp³-hybridized carbons (Fsp3) is 0.267. The topological polar surface area (TPSA) is 94.5 Å². The molecule has 0 saturated heterocycles. The Morgan fingerprint density at radius 2 is 1.95 bits per heavy atom. The molecule has 0 saturated carbocycles. The van der Waals surface area contributed by atoms with Crippen molar-refractivity contribution >= 4 is 44.6 Å². The Balaban J connectivity index is 1.71. The van der Waals surface area contributed by atoms with E-state index in [2.05, 4.69) is 30.0 Å². The van der Waals surface area contributed by atoms with Crippen LogP contribution in [0.5, 0.6) is 0 Å². The molecule has 0 aliphatic rings. The summed E-state index contributed by atoms with van der Waals surface area (Å²) >= 11 is 1.47. The second kappa shape index (κ2) is 13.0.